The summed E-state index contributed by atoms with van der Waals surface area (Å²) in [4.78, 5) is 10.2. The zero-order valence-corrected chi connectivity index (χ0v) is 8.32. The van der Waals surface area contributed by atoms with Gasteiger partial charge in [0, 0.05) is 6.07 Å². The van der Waals surface area contributed by atoms with E-state index in [1.165, 1.54) is 6.07 Å². The smallest absolute Gasteiger partial charge is 0.276 e. The van der Waals surface area contributed by atoms with Crippen LogP contribution in [0.4, 0.5) is 5.69 Å². The summed E-state index contributed by atoms with van der Waals surface area (Å²) < 4.78 is 5.37. The van der Waals surface area contributed by atoms with Crippen molar-refractivity contribution in [3.8, 4) is 5.75 Å². The SMILES string of the molecule is CCCOc1cccc([N+](=O)[O-])c1C. The van der Waals surface area contributed by atoms with E-state index in [2.05, 4.69) is 0 Å². The Bertz CT molecular complexity index is 336. The monoisotopic (exact) mass is 195 g/mol. The molecule has 0 saturated heterocycles. The average molecular weight is 195 g/mol. The molecule has 0 fully saturated rings. The van der Waals surface area contributed by atoms with Crippen LogP contribution in [0.2, 0.25) is 0 Å². The van der Waals surface area contributed by atoms with Crippen LogP contribution < -0.4 is 4.74 Å². The summed E-state index contributed by atoms with van der Waals surface area (Å²) in [6.45, 7) is 4.28. The van der Waals surface area contributed by atoms with E-state index in [4.69, 9.17) is 4.74 Å². The van der Waals surface area contributed by atoms with Crippen LogP contribution in [0.3, 0.4) is 0 Å². The van der Waals surface area contributed by atoms with Crippen LogP contribution in [-0.4, -0.2) is 11.5 Å². The van der Waals surface area contributed by atoms with E-state index in [-0.39, 0.29) is 5.69 Å². The van der Waals surface area contributed by atoms with Crippen molar-refractivity contribution in [1.29, 1.82) is 0 Å². The Hall–Kier alpha value is -1.58. The number of nitrogens with zero attached hydrogens (tertiary/aromatic N) is 1. The molecule has 1 rings (SSSR count). The van der Waals surface area contributed by atoms with Crippen LogP contribution in [0.1, 0.15) is 18.9 Å². The zero-order chi connectivity index (χ0) is 10.6. The van der Waals surface area contributed by atoms with Crippen molar-refractivity contribution in [2.75, 3.05) is 6.61 Å². The van der Waals surface area contributed by atoms with E-state index in [1.807, 2.05) is 6.92 Å². The molecule has 0 aliphatic rings. The third-order valence-electron chi connectivity index (χ3n) is 1.91. The fourth-order valence-electron chi connectivity index (χ4n) is 1.17. The van der Waals surface area contributed by atoms with E-state index >= 15 is 0 Å². The van der Waals surface area contributed by atoms with Crippen LogP contribution in [-0.2, 0) is 0 Å². The molecule has 0 heterocycles. The Morgan fingerprint density at radius 2 is 2.21 bits per heavy atom. The standard InChI is InChI=1S/C10H13NO3/c1-3-7-14-10-6-4-5-9(8(10)2)11(12)13/h4-6H,3,7H2,1-2H3. The molecule has 0 atom stereocenters. The minimum Gasteiger partial charge on any atom is -0.493 e. The number of rotatable bonds is 4. The lowest BCUT2D eigenvalue weighted by atomic mass is 10.2. The van der Waals surface area contributed by atoms with Gasteiger partial charge in [-0.3, -0.25) is 10.1 Å². The van der Waals surface area contributed by atoms with Crippen molar-refractivity contribution in [2.45, 2.75) is 20.3 Å². The van der Waals surface area contributed by atoms with E-state index in [1.54, 1.807) is 19.1 Å². The molecule has 0 aliphatic carbocycles. The second-order valence-corrected chi connectivity index (χ2v) is 3.01. The Kier molecular flexibility index (Phi) is 3.45. The maximum absolute atomic E-state index is 10.6. The van der Waals surface area contributed by atoms with Gasteiger partial charge in [-0.15, -0.1) is 0 Å². The fraction of sp³-hybridized carbons (Fsp3) is 0.400. The van der Waals surface area contributed by atoms with Crippen LogP contribution in [0.25, 0.3) is 0 Å². The first-order valence-electron chi connectivity index (χ1n) is 4.53. The van der Waals surface area contributed by atoms with Gasteiger partial charge in [0.25, 0.3) is 5.69 Å². The predicted octanol–water partition coefficient (Wildman–Crippen LogP) is 2.69. The largest absolute Gasteiger partial charge is 0.493 e. The predicted molar refractivity (Wildman–Crippen MR) is 53.6 cm³/mol. The molecule has 4 nitrogen and oxygen atoms in total. The Morgan fingerprint density at radius 1 is 1.50 bits per heavy atom. The lowest BCUT2D eigenvalue weighted by molar-refractivity contribution is -0.385. The van der Waals surface area contributed by atoms with Gasteiger partial charge >= 0.3 is 0 Å². The van der Waals surface area contributed by atoms with Crippen molar-refractivity contribution in [1.82, 2.24) is 0 Å². The Labute approximate surface area is 82.7 Å². The summed E-state index contributed by atoms with van der Waals surface area (Å²) in [5.41, 5.74) is 0.699. The van der Waals surface area contributed by atoms with Crippen molar-refractivity contribution < 1.29 is 9.66 Å². The van der Waals surface area contributed by atoms with Crippen molar-refractivity contribution >= 4 is 5.69 Å². The molecule has 0 N–H and O–H groups in total. The average Bonchev–Trinajstić information content (AvgIpc) is 2.16. The molecule has 0 amide bonds. The van der Waals surface area contributed by atoms with Crippen LogP contribution in [0.15, 0.2) is 18.2 Å². The molecule has 76 valence electrons. The second kappa shape index (κ2) is 4.60. The highest BCUT2D eigenvalue weighted by Gasteiger charge is 2.13. The van der Waals surface area contributed by atoms with E-state index in [9.17, 15) is 10.1 Å². The van der Waals surface area contributed by atoms with Crippen LogP contribution in [0.5, 0.6) is 5.75 Å². The first-order valence-corrected chi connectivity index (χ1v) is 4.53. The van der Waals surface area contributed by atoms with Gasteiger partial charge in [0.1, 0.15) is 5.75 Å². The first kappa shape index (κ1) is 10.5. The van der Waals surface area contributed by atoms with Gasteiger partial charge in [-0.2, -0.15) is 0 Å². The molecule has 1 aromatic rings. The maximum Gasteiger partial charge on any atom is 0.276 e. The number of nitro benzene ring substituents is 1. The summed E-state index contributed by atoms with van der Waals surface area (Å²) in [5.74, 6) is 0.598. The fourth-order valence-corrected chi connectivity index (χ4v) is 1.17. The summed E-state index contributed by atoms with van der Waals surface area (Å²) in [7, 11) is 0. The highest BCUT2D eigenvalue weighted by molar-refractivity contribution is 5.48. The van der Waals surface area contributed by atoms with E-state index in [0.29, 0.717) is 17.9 Å². The minimum absolute atomic E-state index is 0.110. The lowest BCUT2D eigenvalue weighted by Gasteiger charge is -2.07. The van der Waals surface area contributed by atoms with Gasteiger partial charge in [0.05, 0.1) is 17.1 Å². The number of hydrogen-bond acceptors (Lipinski definition) is 3. The van der Waals surface area contributed by atoms with Crippen molar-refractivity contribution in [2.24, 2.45) is 0 Å². The molecule has 0 saturated carbocycles. The third kappa shape index (κ3) is 2.22. The third-order valence-corrected chi connectivity index (χ3v) is 1.91. The molecule has 0 bridgehead atoms. The topological polar surface area (TPSA) is 52.4 Å². The summed E-state index contributed by atoms with van der Waals surface area (Å²) in [6.07, 6.45) is 0.891. The molecule has 1 aromatic carbocycles. The van der Waals surface area contributed by atoms with Gasteiger partial charge in [-0.1, -0.05) is 13.0 Å². The lowest BCUT2D eigenvalue weighted by Crippen LogP contribution is -1.99. The molecule has 0 spiro atoms. The number of hydrogen-bond donors (Lipinski definition) is 0. The Balaban J connectivity index is 2.95. The highest BCUT2D eigenvalue weighted by atomic mass is 16.6. The summed E-state index contributed by atoms with van der Waals surface area (Å²) >= 11 is 0. The molecule has 0 aliphatic heterocycles. The highest BCUT2D eigenvalue weighted by Crippen LogP contribution is 2.26. The molecular weight excluding hydrogens is 182 g/mol. The van der Waals surface area contributed by atoms with Crippen molar-refractivity contribution in [3.05, 3.63) is 33.9 Å². The number of nitro groups is 1. The normalized spacial score (nSPS) is 9.86. The Morgan fingerprint density at radius 3 is 2.79 bits per heavy atom. The molecular formula is C10H13NO3. The quantitative estimate of drug-likeness (QED) is 0.548. The number of ether oxygens (including phenoxy) is 1. The molecule has 14 heavy (non-hydrogen) atoms. The molecule has 0 radical (unpaired) electrons. The van der Waals surface area contributed by atoms with Gasteiger partial charge < -0.3 is 4.74 Å². The van der Waals surface area contributed by atoms with Gasteiger partial charge in [-0.05, 0) is 19.4 Å². The maximum atomic E-state index is 10.6. The number of benzene rings is 1. The first-order chi connectivity index (χ1) is 6.66. The summed E-state index contributed by atoms with van der Waals surface area (Å²) in [5, 5.41) is 10.6. The molecule has 0 aromatic heterocycles. The van der Waals surface area contributed by atoms with Crippen LogP contribution in [0, 0.1) is 17.0 Å². The van der Waals surface area contributed by atoms with E-state index in [0.717, 1.165) is 6.42 Å². The van der Waals surface area contributed by atoms with Gasteiger partial charge in [0.2, 0.25) is 0 Å². The second-order valence-electron chi connectivity index (χ2n) is 3.01. The van der Waals surface area contributed by atoms with E-state index < -0.39 is 4.92 Å². The van der Waals surface area contributed by atoms with Gasteiger partial charge in [-0.25, -0.2) is 0 Å². The molecule has 4 heteroatoms. The van der Waals surface area contributed by atoms with Crippen LogP contribution >= 0.6 is 0 Å². The minimum atomic E-state index is -0.395. The molecule has 0 unspecified atom stereocenters. The van der Waals surface area contributed by atoms with Crippen molar-refractivity contribution in [3.63, 3.8) is 0 Å². The summed E-state index contributed by atoms with van der Waals surface area (Å²) in [6, 6.07) is 4.86. The zero-order valence-electron chi connectivity index (χ0n) is 8.32. The van der Waals surface area contributed by atoms with Gasteiger partial charge in [0.15, 0.2) is 0 Å².